The van der Waals surface area contributed by atoms with Crippen molar-refractivity contribution >= 4 is 0 Å². The summed E-state index contributed by atoms with van der Waals surface area (Å²) in [7, 11) is 0. The first-order chi connectivity index (χ1) is 5.19. The third kappa shape index (κ3) is 1.96. The predicted molar refractivity (Wildman–Crippen MR) is 49.4 cm³/mol. The van der Waals surface area contributed by atoms with Gasteiger partial charge in [0, 0.05) is 0 Å². The molecule has 2 N–H and O–H groups in total. The predicted octanol–water partition coefficient (Wildman–Crippen LogP) is 2.55. The second-order valence-corrected chi connectivity index (χ2v) is 4.34. The van der Waals surface area contributed by atoms with E-state index in [0.717, 1.165) is 12.5 Å². The molecule has 0 spiro atoms. The fourth-order valence-electron chi connectivity index (χ4n) is 2.28. The van der Waals surface area contributed by atoms with Crippen LogP contribution < -0.4 is 5.73 Å². The monoisotopic (exact) mass is 155 g/mol. The molecule has 0 heterocycles. The van der Waals surface area contributed by atoms with Gasteiger partial charge in [0.1, 0.15) is 0 Å². The Morgan fingerprint density at radius 3 is 2.73 bits per heavy atom. The molecule has 2 atom stereocenters. The van der Waals surface area contributed by atoms with Gasteiger partial charge < -0.3 is 5.73 Å². The van der Waals surface area contributed by atoms with E-state index in [4.69, 9.17) is 5.73 Å². The minimum absolute atomic E-state index is 0.562. The topological polar surface area (TPSA) is 26.0 Å². The van der Waals surface area contributed by atoms with E-state index < -0.39 is 0 Å². The largest absolute Gasteiger partial charge is 0.330 e. The molecule has 1 fully saturated rings. The first-order valence-corrected chi connectivity index (χ1v) is 4.89. The van der Waals surface area contributed by atoms with Gasteiger partial charge in [-0.05, 0) is 30.7 Å². The van der Waals surface area contributed by atoms with Crippen molar-refractivity contribution < 1.29 is 0 Å². The molecule has 0 radical (unpaired) electrons. The van der Waals surface area contributed by atoms with Crippen molar-refractivity contribution in [1.82, 2.24) is 0 Å². The lowest BCUT2D eigenvalue weighted by molar-refractivity contribution is 0.121. The molecule has 0 aromatic rings. The van der Waals surface area contributed by atoms with Gasteiger partial charge in [-0.3, -0.25) is 0 Å². The first kappa shape index (κ1) is 9.05. The second-order valence-electron chi connectivity index (χ2n) is 4.34. The van der Waals surface area contributed by atoms with E-state index >= 15 is 0 Å². The molecule has 11 heavy (non-hydrogen) atoms. The molecule has 1 saturated carbocycles. The van der Waals surface area contributed by atoms with Crippen molar-refractivity contribution in [2.45, 2.75) is 46.0 Å². The smallest absolute Gasteiger partial charge is 0.00720 e. The third-order valence-electron chi connectivity index (χ3n) is 3.54. The van der Waals surface area contributed by atoms with Crippen molar-refractivity contribution in [2.75, 3.05) is 6.54 Å². The Morgan fingerprint density at radius 1 is 1.45 bits per heavy atom. The molecule has 1 rings (SSSR count). The standard InChI is InChI=1S/C10H21N/c1-9-5-3-4-6-10(9,2)7-8-11/h9H,3-8,11H2,1-2H3/t9?,10-/m0/s1. The first-order valence-electron chi connectivity index (χ1n) is 4.89. The Morgan fingerprint density at radius 2 is 2.18 bits per heavy atom. The van der Waals surface area contributed by atoms with E-state index in [1.54, 1.807) is 0 Å². The van der Waals surface area contributed by atoms with E-state index in [-0.39, 0.29) is 0 Å². The van der Waals surface area contributed by atoms with Crippen molar-refractivity contribution in [3.05, 3.63) is 0 Å². The molecule has 0 amide bonds. The van der Waals surface area contributed by atoms with Crippen LogP contribution >= 0.6 is 0 Å². The van der Waals surface area contributed by atoms with Gasteiger partial charge in [0.2, 0.25) is 0 Å². The molecule has 1 heteroatoms. The Hall–Kier alpha value is -0.0400. The lowest BCUT2D eigenvalue weighted by Crippen LogP contribution is -2.31. The van der Waals surface area contributed by atoms with Gasteiger partial charge in [0.25, 0.3) is 0 Å². The van der Waals surface area contributed by atoms with E-state index in [1.807, 2.05) is 0 Å². The van der Waals surface area contributed by atoms with Crippen LogP contribution in [0.3, 0.4) is 0 Å². The summed E-state index contributed by atoms with van der Waals surface area (Å²) in [6.07, 6.45) is 6.87. The van der Waals surface area contributed by atoms with Crippen LogP contribution in [0.15, 0.2) is 0 Å². The van der Waals surface area contributed by atoms with Crippen LogP contribution in [0, 0.1) is 11.3 Å². The van der Waals surface area contributed by atoms with Crippen LogP contribution in [0.1, 0.15) is 46.0 Å². The minimum Gasteiger partial charge on any atom is -0.330 e. The fourth-order valence-corrected chi connectivity index (χ4v) is 2.28. The summed E-state index contributed by atoms with van der Waals surface area (Å²) in [5, 5.41) is 0. The fraction of sp³-hybridized carbons (Fsp3) is 1.00. The average molecular weight is 155 g/mol. The molecular formula is C10H21N. The van der Waals surface area contributed by atoms with Gasteiger partial charge in [-0.15, -0.1) is 0 Å². The van der Waals surface area contributed by atoms with Gasteiger partial charge in [-0.2, -0.15) is 0 Å². The highest BCUT2D eigenvalue weighted by atomic mass is 14.5. The summed E-state index contributed by atoms with van der Waals surface area (Å²) in [6, 6.07) is 0. The van der Waals surface area contributed by atoms with Crippen molar-refractivity contribution in [3.8, 4) is 0 Å². The number of hydrogen-bond donors (Lipinski definition) is 1. The lowest BCUT2D eigenvalue weighted by atomic mass is 9.66. The van der Waals surface area contributed by atoms with Crippen LogP contribution in [0.2, 0.25) is 0 Å². The van der Waals surface area contributed by atoms with Gasteiger partial charge >= 0.3 is 0 Å². The van der Waals surface area contributed by atoms with Gasteiger partial charge in [0.15, 0.2) is 0 Å². The SMILES string of the molecule is CC1CCCC[C@@]1(C)CCN. The van der Waals surface area contributed by atoms with Crippen LogP contribution in [0.25, 0.3) is 0 Å². The molecule has 0 saturated heterocycles. The summed E-state index contributed by atoms with van der Waals surface area (Å²) < 4.78 is 0. The van der Waals surface area contributed by atoms with Gasteiger partial charge in [-0.25, -0.2) is 0 Å². The quantitative estimate of drug-likeness (QED) is 0.651. The highest BCUT2D eigenvalue weighted by Gasteiger charge is 2.32. The third-order valence-corrected chi connectivity index (χ3v) is 3.54. The Bertz CT molecular complexity index is 118. The Balaban J connectivity index is 2.49. The number of nitrogens with two attached hydrogens (primary N) is 1. The van der Waals surface area contributed by atoms with Crippen LogP contribution in [-0.2, 0) is 0 Å². The lowest BCUT2D eigenvalue weighted by Gasteiger charge is -2.39. The molecule has 1 aliphatic carbocycles. The maximum atomic E-state index is 5.61. The maximum absolute atomic E-state index is 5.61. The zero-order valence-corrected chi connectivity index (χ0v) is 7.90. The molecule has 0 bridgehead atoms. The van der Waals surface area contributed by atoms with E-state index in [9.17, 15) is 0 Å². The maximum Gasteiger partial charge on any atom is -0.00720 e. The normalized spacial score (nSPS) is 39.0. The summed E-state index contributed by atoms with van der Waals surface area (Å²) >= 11 is 0. The summed E-state index contributed by atoms with van der Waals surface area (Å²) in [6.45, 7) is 5.65. The van der Waals surface area contributed by atoms with Crippen LogP contribution in [0.4, 0.5) is 0 Å². The zero-order chi connectivity index (χ0) is 8.32. The molecule has 0 aromatic carbocycles. The molecule has 1 aliphatic rings. The number of rotatable bonds is 2. The van der Waals surface area contributed by atoms with E-state index in [1.165, 1.54) is 32.1 Å². The van der Waals surface area contributed by atoms with Crippen molar-refractivity contribution in [3.63, 3.8) is 0 Å². The summed E-state index contributed by atoms with van der Waals surface area (Å²) in [5.74, 6) is 0.889. The Kier molecular flexibility index (Phi) is 2.94. The molecule has 0 aliphatic heterocycles. The van der Waals surface area contributed by atoms with E-state index in [2.05, 4.69) is 13.8 Å². The molecule has 1 unspecified atom stereocenters. The van der Waals surface area contributed by atoms with Crippen molar-refractivity contribution in [1.29, 1.82) is 0 Å². The van der Waals surface area contributed by atoms with Crippen molar-refractivity contribution in [2.24, 2.45) is 17.1 Å². The van der Waals surface area contributed by atoms with Crippen LogP contribution in [-0.4, -0.2) is 6.54 Å². The zero-order valence-electron chi connectivity index (χ0n) is 7.90. The average Bonchev–Trinajstić information content (AvgIpc) is 1.96. The summed E-state index contributed by atoms with van der Waals surface area (Å²) in [5.41, 5.74) is 6.17. The molecule has 66 valence electrons. The van der Waals surface area contributed by atoms with Gasteiger partial charge in [-0.1, -0.05) is 33.1 Å². The minimum atomic E-state index is 0.562. The van der Waals surface area contributed by atoms with Crippen LogP contribution in [0.5, 0.6) is 0 Å². The molecular weight excluding hydrogens is 134 g/mol. The van der Waals surface area contributed by atoms with Gasteiger partial charge in [0.05, 0.1) is 0 Å². The number of hydrogen-bond acceptors (Lipinski definition) is 1. The molecule has 1 nitrogen and oxygen atoms in total. The highest BCUT2D eigenvalue weighted by molar-refractivity contribution is 4.83. The highest BCUT2D eigenvalue weighted by Crippen LogP contribution is 2.42. The second kappa shape index (κ2) is 3.57. The summed E-state index contributed by atoms with van der Waals surface area (Å²) in [4.78, 5) is 0. The molecule has 0 aromatic heterocycles. The van der Waals surface area contributed by atoms with E-state index in [0.29, 0.717) is 5.41 Å². The Labute approximate surface area is 70.4 Å².